The molecule has 6 heteroatoms. The fraction of sp³-hybridized carbons (Fsp3) is 0.947. The van der Waals surface area contributed by atoms with Crippen molar-refractivity contribution in [3.8, 4) is 0 Å². The molecule has 0 heterocycles. The van der Waals surface area contributed by atoms with Crippen LogP contribution in [0.15, 0.2) is 0 Å². The minimum Gasteiger partial charge on any atom is -0.462 e. The maximum Gasteiger partial charge on any atom is 0.306 e. The minimum atomic E-state index is -0.764. The molecule has 0 aromatic carbocycles. The van der Waals surface area contributed by atoms with Crippen molar-refractivity contribution in [2.24, 2.45) is 17.8 Å². The van der Waals surface area contributed by atoms with Gasteiger partial charge in [-0.25, -0.2) is 0 Å². The Hall–Kier alpha value is -1.59. The molecule has 2 unspecified atom stereocenters. The van der Waals surface area contributed by atoms with Gasteiger partial charge in [-0.05, 0) is 37.0 Å². The maximum atomic E-state index is 12.8. The molecular weight excluding hydrogens is 781 g/mol. The van der Waals surface area contributed by atoms with Crippen molar-refractivity contribution in [3.05, 3.63) is 0 Å². The van der Waals surface area contributed by atoms with Gasteiger partial charge in [-0.1, -0.05) is 273 Å². The number of esters is 3. The van der Waals surface area contributed by atoms with Crippen LogP contribution < -0.4 is 0 Å². The van der Waals surface area contributed by atoms with E-state index in [1.807, 2.05) is 0 Å². The molecule has 63 heavy (non-hydrogen) atoms. The van der Waals surface area contributed by atoms with Crippen LogP contribution in [-0.2, 0) is 28.6 Å². The number of hydrogen-bond acceptors (Lipinski definition) is 6. The first-order valence-corrected chi connectivity index (χ1v) is 28.2. The van der Waals surface area contributed by atoms with Gasteiger partial charge in [0.2, 0.25) is 0 Å². The smallest absolute Gasteiger partial charge is 0.306 e. The highest BCUT2D eigenvalue weighted by atomic mass is 16.6. The summed E-state index contributed by atoms with van der Waals surface area (Å²) in [6, 6.07) is 0. The van der Waals surface area contributed by atoms with Gasteiger partial charge in [0.1, 0.15) is 13.2 Å². The van der Waals surface area contributed by atoms with E-state index in [1.54, 1.807) is 0 Å². The van der Waals surface area contributed by atoms with Crippen molar-refractivity contribution in [2.75, 3.05) is 13.2 Å². The topological polar surface area (TPSA) is 78.9 Å². The zero-order valence-electron chi connectivity index (χ0n) is 43.4. The summed E-state index contributed by atoms with van der Waals surface area (Å²) in [6.07, 6.45) is 49.5. The minimum absolute atomic E-state index is 0.0646. The van der Waals surface area contributed by atoms with E-state index in [2.05, 4.69) is 41.5 Å². The second-order valence-electron chi connectivity index (χ2n) is 20.5. The summed E-state index contributed by atoms with van der Waals surface area (Å²) in [5.74, 6) is 1.70. The van der Waals surface area contributed by atoms with Crippen molar-refractivity contribution in [1.82, 2.24) is 0 Å². The molecule has 0 rings (SSSR count). The second-order valence-corrected chi connectivity index (χ2v) is 20.5. The van der Waals surface area contributed by atoms with Gasteiger partial charge in [-0.3, -0.25) is 14.4 Å². The molecule has 0 bridgehead atoms. The van der Waals surface area contributed by atoms with Gasteiger partial charge in [0.05, 0.1) is 0 Å². The lowest BCUT2D eigenvalue weighted by Gasteiger charge is -2.18. The summed E-state index contributed by atoms with van der Waals surface area (Å²) >= 11 is 0. The Morgan fingerprint density at radius 2 is 0.556 bits per heavy atom. The molecule has 0 aliphatic heterocycles. The van der Waals surface area contributed by atoms with E-state index in [4.69, 9.17) is 14.2 Å². The molecule has 0 saturated heterocycles. The van der Waals surface area contributed by atoms with Crippen LogP contribution in [0.1, 0.15) is 311 Å². The number of carbonyl (C=O) groups excluding carboxylic acids is 3. The average Bonchev–Trinajstić information content (AvgIpc) is 3.27. The molecule has 0 N–H and O–H groups in total. The summed E-state index contributed by atoms with van der Waals surface area (Å²) in [4.78, 5) is 38.0. The summed E-state index contributed by atoms with van der Waals surface area (Å²) in [7, 11) is 0. The van der Waals surface area contributed by atoms with E-state index in [0.29, 0.717) is 19.3 Å². The Morgan fingerprint density at radius 1 is 0.317 bits per heavy atom. The SMILES string of the molecule is CCC(C)CCCCCCCCCCC(=O)OC[C@@H](COC(=O)CCCCCCCCCCCCCCCCCCCCC(C)C)OC(=O)CCCCCCCCCCC(C)CC. The molecule has 3 atom stereocenters. The van der Waals surface area contributed by atoms with Crippen LogP contribution in [0.5, 0.6) is 0 Å². The highest BCUT2D eigenvalue weighted by Crippen LogP contribution is 2.19. The predicted molar refractivity (Wildman–Crippen MR) is 270 cm³/mol. The van der Waals surface area contributed by atoms with Crippen molar-refractivity contribution in [3.63, 3.8) is 0 Å². The average molecular weight is 892 g/mol. The van der Waals surface area contributed by atoms with Gasteiger partial charge in [-0.2, -0.15) is 0 Å². The Bertz CT molecular complexity index is 980. The van der Waals surface area contributed by atoms with Gasteiger partial charge in [0.25, 0.3) is 0 Å². The van der Waals surface area contributed by atoms with Crippen LogP contribution in [0.2, 0.25) is 0 Å². The standard InChI is InChI=1S/C57H110O6/c1-7-52(5)44-38-32-26-21-23-29-35-41-47-56(59)62-50-54(63-57(60)48-42-36-30-24-22-27-33-39-45-53(6)8-2)49-61-55(58)46-40-34-28-20-18-16-14-12-10-9-11-13-15-17-19-25-31-37-43-51(3)4/h51-54H,7-50H2,1-6H3/t52?,53?,54-/m1/s1. The summed E-state index contributed by atoms with van der Waals surface area (Å²) in [5, 5.41) is 0. The van der Waals surface area contributed by atoms with Crippen molar-refractivity contribution < 1.29 is 28.6 Å². The van der Waals surface area contributed by atoms with Gasteiger partial charge in [0, 0.05) is 19.3 Å². The fourth-order valence-electron chi connectivity index (χ4n) is 8.58. The van der Waals surface area contributed by atoms with Crippen LogP contribution in [0.3, 0.4) is 0 Å². The van der Waals surface area contributed by atoms with E-state index in [9.17, 15) is 14.4 Å². The molecular formula is C57H110O6. The Morgan fingerprint density at radius 3 is 0.825 bits per heavy atom. The summed E-state index contributed by atoms with van der Waals surface area (Å²) < 4.78 is 16.8. The summed E-state index contributed by atoms with van der Waals surface area (Å²) in [5.41, 5.74) is 0. The Labute approximate surface area is 393 Å². The summed E-state index contributed by atoms with van der Waals surface area (Å²) in [6.45, 7) is 13.8. The van der Waals surface area contributed by atoms with E-state index in [1.165, 1.54) is 193 Å². The zero-order chi connectivity index (χ0) is 46.3. The third-order valence-corrected chi connectivity index (χ3v) is 13.6. The van der Waals surface area contributed by atoms with Crippen molar-refractivity contribution >= 4 is 17.9 Å². The lowest BCUT2D eigenvalue weighted by Crippen LogP contribution is -2.30. The predicted octanol–water partition coefficient (Wildman–Crippen LogP) is 18.3. The first-order valence-electron chi connectivity index (χ1n) is 28.2. The molecule has 0 spiro atoms. The van der Waals surface area contributed by atoms with Gasteiger partial charge < -0.3 is 14.2 Å². The number of carbonyl (C=O) groups is 3. The molecule has 0 radical (unpaired) electrons. The normalized spacial score (nSPS) is 13.0. The van der Waals surface area contributed by atoms with Crippen LogP contribution in [-0.4, -0.2) is 37.2 Å². The molecule has 6 nitrogen and oxygen atoms in total. The lowest BCUT2D eigenvalue weighted by atomic mass is 9.99. The molecule has 0 aromatic heterocycles. The zero-order valence-corrected chi connectivity index (χ0v) is 43.4. The van der Waals surface area contributed by atoms with E-state index in [-0.39, 0.29) is 31.1 Å². The van der Waals surface area contributed by atoms with Crippen LogP contribution >= 0.6 is 0 Å². The van der Waals surface area contributed by atoms with Gasteiger partial charge >= 0.3 is 17.9 Å². The fourth-order valence-corrected chi connectivity index (χ4v) is 8.58. The largest absolute Gasteiger partial charge is 0.462 e. The first kappa shape index (κ1) is 61.4. The second kappa shape index (κ2) is 48.3. The molecule has 0 aromatic rings. The quantitative estimate of drug-likeness (QED) is 0.0344. The monoisotopic (exact) mass is 891 g/mol. The third-order valence-electron chi connectivity index (χ3n) is 13.6. The Kier molecular flexibility index (Phi) is 47.1. The molecule has 0 amide bonds. The van der Waals surface area contributed by atoms with Crippen LogP contribution in [0, 0.1) is 17.8 Å². The molecule has 0 fully saturated rings. The number of ether oxygens (including phenoxy) is 3. The van der Waals surface area contributed by atoms with E-state index < -0.39 is 6.10 Å². The molecule has 374 valence electrons. The number of unbranched alkanes of at least 4 members (excludes halogenated alkanes) is 31. The first-order chi connectivity index (χ1) is 30.7. The molecule has 0 aliphatic rings. The highest BCUT2D eigenvalue weighted by Gasteiger charge is 2.19. The van der Waals surface area contributed by atoms with Gasteiger partial charge in [-0.15, -0.1) is 0 Å². The van der Waals surface area contributed by atoms with Gasteiger partial charge in [0.15, 0.2) is 6.10 Å². The van der Waals surface area contributed by atoms with Crippen LogP contribution in [0.4, 0.5) is 0 Å². The molecule has 0 saturated carbocycles. The highest BCUT2D eigenvalue weighted by molar-refractivity contribution is 5.71. The third kappa shape index (κ3) is 48.2. The van der Waals surface area contributed by atoms with E-state index >= 15 is 0 Å². The van der Waals surface area contributed by atoms with Crippen molar-refractivity contribution in [2.45, 2.75) is 317 Å². The van der Waals surface area contributed by atoms with E-state index in [0.717, 1.165) is 75.5 Å². The van der Waals surface area contributed by atoms with Crippen molar-refractivity contribution in [1.29, 1.82) is 0 Å². The van der Waals surface area contributed by atoms with Crippen LogP contribution in [0.25, 0.3) is 0 Å². The Balaban J connectivity index is 4.23. The lowest BCUT2D eigenvalue weighted by molar-refractivity contribution is -0.167. The number of rotatable bonds is 50. The number of hydrogen-bond donors (Lipinski definition) is 0. The maximum absolute atomic E-state index is 12.8. The molecule has 0 aliphatic carbocycles.